The molecule has 2 aromatic rings. The Kier molecular flexibility index (Phi) is 4.87. The van der Waals surface area contributed by atoms with Crippen LogP contribution in [0.25, 0.3) is 0 Å². The van der Waals surface area contributed by atoms with Crippen LogP contribution in [0.15, 0.2) is 42.0 Å². The van der Waals surface area contributed by atoms with E-state index in [9.17, 15) is 0 Å². The summed E-state index contributed by atoms with van der Waals surface area (Å²) in [6.45, 7) is 2.64. The Balaban J connectivity index is 1.91. The number of hydrogen-bond donors (Lipinski definition) is 1. The summed E-state index contributed by atoms with van der Waals surface area (Å²) in [6, 6.07) is 8.06. The standard InChI is InChI=1S/C14H18N2OS/c1-11(15)14(12-4-2-7-16-10-12)17-8-6-13-5-3-9-18-13/h2-5,7,9-11,14H,6,8,15H2,1H3. The molecule has 0 saturated carbocycles. The molecule has 2 rings (SSSR count). The van der Waals surface area contributed by atoms with Crippen molar-refractivity contribution in [2.24, 2.45) is 5.73 Å². The number of pyridine rings is 1. The van der Waals surface area contributed by atoms with Gasteiger partial charge in [-0.1, -0.05) is 12.1 Å². The van der Waals surface area contributed by atoms with Gasteiger partial charge < -0.3 is 10.5 Å². The van der Waals surface area contributed by atoms with E-state index < -0.39 is 0 Å². The van der Waals surface area contributed by atoms with Crippen molar-refractivity contribution in [1.29, 1.82) is 0 Å². The van der Waals surface area contributed by atoms with Gasteiger partial charge in [0.05, 0.1) is 12.7 Å². The van der Waals surface area contributed by atoms with Gasteiger partial charge in [0.1, 0.15) is 0 Å². The van der Waals surface area contributed by atoms with Crippen LogP contribution in [0.5, 0.6) is 0 Å². The van der Waals surface area contributed by atoms with Crippen LogP contribution in [-0.2, 0) is 11.2 Å². The maximum Gasteiger partial charge on any atom is 0.0987 e. The highest BCUT2D eigenvalue weighted by Gasteiger charge is 2.16. The van der Waals surface area contributed by atoms with E-state index in [1.54, 1.807) is 17.5 Å². The van der Waals surface area contributed by atoms with Crippen molar-refractivity contribution < 1.29 is 4.74 Å². The summed E-state index contributed by atoms with van der Waals surface area (Å²) >= 11 is 1.76. The van der Waals surface area contributed by atoms with E-state index in [4.69, 9.17) is 10.5 Å². The molecule has 3 nitrogen and oxygen atoms in total. The third-order valence-corrected chi connectivity index (χ3v) is 3.65. The van der Waals surface area contributed by atoms with Gasteiger partial charge in [0.25, 0.3) is 0 Å². The lowest BCUT2D eigenvalue weighted by atomic mass is 10.1. The number of aromatic nitrogens is 1. The highest BCUT2D eigenvalue weighted by molar-refractivity contribution is 7.09. The minimum Gasteiger partial charge on any atom is -0.371 e. The zero-order valence-corrected chi connectivity index (χ0v) is 11.3. The lowest BCUT2D eigenvalue weighted by Gasteiger charge is -2.21. The minimum absolute atomic E-state index is 0.0439. The van der Waals surface area contributed by atoms with Gasteiger partial charge in [-0.2, -0.15) is 0 Å². The molecule has 0 bridgehead atoms. The lowest BCUT2D eigenvalue weighted by Crippen LogP contribution is -2.27. The first-order valence-electron chi connectivity index (χ1n) is 6.07. The lowest BCUT2D eigenvalue weighted by molar-refractivity contribution is 0.0404. The van der Waals surface area contributed by atoms with Gasteiger partial charge in [-0.05, 0) is 24.4 Å². The average molecular weight is 262 g/mol. The van der Waals surface area contributed by atoms with Crippen LogP contribution in [0.1, 0.15) is 23.5 Å². The first kappa shape index (κ1) is 13.2. The number of nitrogens with zero attached hydrogens (tertiary/aromatic N) is 1. The number of rotatable bonds is 6. The fourth-order valence-corrected chi connectivity index (χ4v) is 2.53. The fourth-order valence-electron chi connectivity index (χ4n) is 1.84. The van der Waals surface area contributed by atoms with Crippen LogP contribution in [0.2, 0.25) is 0 Å². The third-order valence-electron chi connectivity index (χ3n) is 2.72. The molecule has 0 amide bonds. The van der Waals surface area contributed by atoms with E-state index in [2.05, 4.69) is 22.5 Å². The zero-order valence-electron chi connectivity index (χ0n) is 10.5. The second-order valence-electron chi connectivity index (χ2n) is 4.27. The maximum atomic E-state index is 5.98. The predicted octanol–water partition coefficient (Wildman–Crippen LogP) is 2.79. The van der Waals surface area contributed by atoms with Gasteiger partial charge >= 0.3 is 0 Å². The molecule has 18 heavy (non-hydrogen) atoms. The summed E-state index contributed by atoms with van der Waals surface area (Å²) in [4.78, 5) is 5.45. The normalized spacial score (nSPS) is 14.3. The van der Waals surface area contributed by atoms with Crippen LogP contribution in [0, 0.1) is 0 Å². The van der Waals surface area contributed by atoms with Crippen molar-refractivity contribution >= 4 is 11.3 Å². The number of thiophene rings is 1. The SMILES string of the molecule is CC(N)C(OCCc1cccs1)c1cccnc1. The average Bonchev–Trinajstić information content (AvgIpc) is 2.88. The molecule has 0 aliphatic rings. The minimum atomic E-state index is -0.0846. The predicted molar refractivity (Wildman–Crippen MR) is 74.6 cm³/mol. The van der Waals surface area contributed by atoms with Gasteiger partial charge in [-0.25, -0.2) is 0 Å². The number of nitrogens with two attached hydrogens (primary N) is 1. The zero-order chi connectivity index (χ0) is 12.8. The Morgan fingerprint density at radius 2 is 2.28 bits per heavy atom. The van der Waals surface area contributed by atoms with E-state index in [-0.39, 0.29) is 12.1 Å². The molecular formula is C14H18N2OS. The van der Waals surface area contributed by atoms with Crippen molar-refractivity contribution in [3.8, 4) is 0 Å². The fraction of sp³-hybridized carbons (Fsp3) is 0.357. The smallest absolute Gasteiger partial charge is 0.0987 e. The second-order valence-corrected chi connectivity index (χ2v) is 5.30. The van der Waals surface area contributed by atoms with E-state index in [1.807, 2.05) is 25.3 Å². The Bertz CT molecular complexity index is 442. The van der Waals surface area contributed by atoms with E-state index in [1.165, 1.54) is 4.88 Å². The molecule has 0 radical (unpaired) electrons. The van der Waals surface area contributed by atoms with Crippen molar-refractivity contribution in [3.05, 3.63) is 52.5 Å². The highest BCUT2D eigenvalue weighted by Crippen LogP contribution is 2.20. The summed E-state index contributed by atoms with van der Waals surface area (Å²) in [6.07, 6.45) is 4.42. The van der Waals surface area contributed by atoms with Crippen LogP contribution < -0.4 is 5.73 Å². The van der Waals surface area contributed by atoms with Crippen molar-refractivity contribution in [2.45, 2.75) is 25.5 Å². The molecule has 0 aliphatic heterocycles. The first-order chi connectivity index (χ1) is 8.77. The summed E-state index contributed by atoms with van der Waals surface area (Å²) in [7, 11) is 0. The number of hydrogen-bond acceptors (Lipinski definition) is 4. The largest absolute Gasteiger partial charge is 0.371 e. The van der Waals surface area contributed by atoms with Gasteiger partial charge in [-0.3, -0.25) is 4.98 Å². The molecule has 96 valence electrons. The molecule has 2 heterocycles. The van der Waals surface area contributed by atoms with Gasteiger partial charge in [0.15, 0.2) is 0 Å². The van der Waals surface area contributed by atoms with Gasteiger partial charge in [0.2, 0.25) is 0 Å². The molecule has 0 fully saturated rings. The quantitative estimate of drug-likeness (QED) is 0.871. The Morgan fingerprint density at radius 1 is 1.39 bits per heavy atom. The van der Waals surface area contributed by atoms with Crippen LogP contribution >= 0.6 is 11.3 Å². The summed E-state index contributed by atoms with van der Waals surface area (Å²) in [5, 5.41) is 2.08. The molecule has 0 saturated heterocycles. The van der Waals surface area contributed by atoms with E-state index >= 15 is 0 Å². The molecular weight excluding hydrogens is 244 g/mol. The van der Waals surface area contributed by atoms with Gasteiger partial charge in [0, 0.05) is 35.3 Å². The van der Waals surface area contributed by atoms with Crippen molar-refractivity contribution in [3.63, 3.8) is 0 Å². The summed E-state index contributed by atoms with van der Waals surface area (Å²) < 4.78 is 5.90. The molecule has 0 aromatic carbocycles. The Hall–Kier alpha value is -1.23. The third kappa shape index (κ3) is 3.63. The summed E-state index contributed by atoms with van der Waals surface area (Å²) in [5.41, 5.74) is 7.02. The Morgan fingerprint density at radius 3 is 2.89 bits per heavy atom. The molecule has 2 atom stereocenters. The van der Waals surface area contributed by atoms with E-state index in [0.717, 1.165) is 12.0 Å². The van der Waals surface area contributed by atoms with Crippen molar-refractivity contribution in [1.82, 2.24) is 4.98 Å². The van der Waals surface area contributed by atoms with Crippen LogP contribution in [-0.4, -0.2) is 17.6 Å². The van der Waals surface area contributed by atoms with Gasteiger partial charge in [-0.15, -0.1) is 11.3 Å². The molecule has 0 spiro atoms. The Labute approximate surface area is 112 Å². The summed E-state index contributed by atoms with van der Waals surface area (Å²) in [5.74, 6) is 0. The molecule has 0 aliphatic carbocycles. The molecule has 2 N–H and O–H groups in total. The molecule has 2 unspecified atom stereocenters. The van der Waals surface area contributed by atoms with Crippen molar-refractivity contribution in [2.75, 3.05) is 6.61 Å². The maximum absolute atomic E-state index is 5.98. The number of ether oxygens (including phenoxy) is 1. The van der Waals surface area contributed by atoms with Crippen LogP contribution in [0.4, 0.5) is 0 Å². The molecule has 4 heteroatoms. The molecule has 2 aromatic heterocycles. The topological polar surface area (TPSA) is 48.1 Å². The van der Waals surface area contributed by atoms with Crippen LogP contribution in [0.3, 0.4) is 0 Å². The van der Waals surface area contributed by atoms with E-state index in [0.29, 0.717) is 6.61 Å². The highest BCUT2D eigenvalue weighted by atomic mass is 32.1. The second kappa shape index (κ2) is 6.64. The first-order valence-corrected chi connectivity index (χ1v) is 6.95. The monoisotopic (exact) mass is 262 g/mol.